The molecule has 1 heterocycles. The molecule has 152 valence electrons. The lowest BCUT2D eigenvalue weighted by Crippen LogP contribution is -2.34. The first-order valence-electron chi connectivity index (χ1n) is 9.30. The second-order valence-corrected chi connectivity index (χ2v) is 6.78. The molecule has 1 aliphatic rings. The fraction of sp³-hybridized carbons (Fsp3) is 0.650. The summed E-state index contributed by atoms with van der Waals surface area (Å²) in [6, 6.07) is 7.61. The van der Waals surface area contributed by atoms with Gasteiger partial charge in [0.05, 0.1) is 52.2 Å². The molecule has 0 aromatic heterocycles. The number of carbonyl (C=O) groups is 1. The molecule has 0 radical (unpaired) electrons. The molecule has 1 aliphatic heterocycles. The van der Waals surface area contributed by atoms with Gasteiger partial charge in [0.2, 0.25) is 0 Å². The van der Waals surface area contributed by atoms with E-state index < -0.39 is 18.3 Å². The Balaban J connectivity index is 1.96. The minimum atomic E-state index is -0.990. The average molecular weight is 382 g/mol. The van der Waals surface area contributed by atoms with Gasteiger partial charge in [0.15, 0.2) is 0 Å². The van der Waals surface area contributed by atoms with Crippen LogP contribution >= 0.6 is 0 Å². The molecule has 1 aromatic carbocycles. The number of benzene rings is 1. The Morgan fingerprint density at radius 3 is 2.59 bits per heavy atom. The molecule has 1 fully saturated rings. The van der Waals surface area contributed by atoms with E-state index in [-0.39, 0.29) is 30.8 Å². The van der Waals surface area contributed by atoms with Gasteiger partial charge in [-0.2, -0.15) is 0 Å². The lowest BCUT2D eigenvalue weighted by atomic mass is 9.86. The van der Waals surface area contributed by atoms with E-state index in [1.165, 1.54) is 0 Å². The van der Waals surface area contributed by atoms with E-state index in [1.807, 2.05) is 31.2 Å². The molecule has 0 bridgehead atoms. The summed E-state index contributed by atoms with van der Waals surface area (Å²) >= 11 is 0. The van der Waals surface area contributed by atoms with Gasteiger partial charge < -0.3 is 29.2 Å². The number of hydrogen-bond donors (Lipinski definition) is 2. The highest BCUT2D eigenvalue weighted by Gasteiger charge is 2.45. The number of hydrogen-bond acceptors (Lipinski definition) is 7. The van der Waals surface area contributed by atoms with E-state index >= 15 is 0 Å². The molecular formula is C20H30O7. The fourth-order valence-electron chi connectivity index (χ4n) is 3.43. The van der Waals surface area contributed by atoms with E-state index in [2.05, 4.69) is 0 Å². The molecule has 1 saturated heterocycles. The van der Waals surface area contributed by atoms with E-state index in [4.69, 9.17) is 18.9 Å². The number of carbonyl (C=O) groups excluding carboxylic acids is 1. The summed E-state index contributed by atoms with van der Waals surface area (Å²) in [5.74, 6) is 0.294. The Morgan fingerprint density at radius 2 is 2.00 bits per heavy atom. The van der Waals surface area contributed by atoms with Crippen LogP contribution in [-0.2, 0) is 25.6 Å². The number of ether oxygens (including phenoxy) is 4. The summed E-state index contributed by atoms with van der Waals surface area (Å²) in [6.45, 7) is 4.42. The maximum atomic E-state index is 11.9. The molecule has 5 atom stereocenters. The predicted octanol–water partition coefficient (Wildman–Crippen LogP) is 1.54. The third-order valence-electron chi connectivity index (χ3n) is 4.98. The molecule has 7 heteroatoms. The summed E-state index contributed by atoms with van der Waals surface area (Å²) in [7, 11) is 1.62. The van der Waals surface area contributed by atoms with Crippen molar-refractivity contribution in [3.05, 3.63) is 29.8 Å². The quantitative estimate of drug-likeness (QED) is 0.593. The maximum absolute atomic E-state index is 11.9. The second-order valence-electron chi connectivity index (χ2n) is 6.78. The summed E-state index contributed by atoms with van der Waals surface area (Å²) in [5, 5.41) is 19.3. The lowest BCUT2D eigenvalue weighted by molar-refractivity contribution is -0.148. The molecule has 5 unspecified atom stereocenters. The zero-order chi connectivity index (χ0) is 19.8. The van der Waals surface area contributed by atoms with Gasteiger partial charge >= 0.3 is 5.97 Å². The SMILES string of the molecule is CCOC(=O)CC1OC(C(O)CO)C(C)C1COCc1ccc(OC)cc1. The fourth-order valence-corrected chi connectivity index (χ4v) is 3.43. The van der Waals surface area contributed by atoms with Crippen molar-refractivity contribution in [1.29, 1.82) is 0 Å². The predicted molar refractivity (Wildman–Crippen MR) is 98.3 cm³/mol. The van der Waals surface area contributed by atoms with Crippen molar-refractivity contribution in [2.75, 3.05) is 26.9 Å². The first-order valence-corrected chi connectivity index (χ1v) is 9.30. The molecule has 0 saturated carbocycles. The molecule has 0 amide bonds. The molecule has 2 N–H and O–H groups in total. The number of aliphatic hydroxyl groups is 2. The third kappa shape index (κ3) is 5.90. The summed E-state index contributed by atoms with van der Waals surface area (Å²) in [5.41, 5.74) is 1.01. The third-order valence-corrected chi connectivity index (χ3v) is 4.98. The Kier molecular flexibility index (Phi) is 8.50. The van der Waals surface area contributed by atoms with Crippen molar-refractivity contribution in [2.45, 2.75) is 45.2 Å². The van der Waals surface area contributed by atoms with Crippen molar-refractivity contribution in [3.8, 4) is 5.75 Å². The van der Waals surface area contributed by atoms with Crippen molar-refractivity contribution >= 4 is 5.97 Å². The van der Waals surface area contributed by atoms with Crippen molar-refractivity contribution in [3.63, 3.8) is 0 Å². The largest absolute Gasteiger partial charge is 0.497 e. The topological polar surface area (TPSA) is 94.5 Å². The van der Waals surface area contributed by atoms with Crippen molar-refractivity contribution < 1.29 is 34.0 Å². The van der Waals surface area contributed by atoms with Gasteiger partial charge in [-0.15, -0.1) is 0 Å². The Morgan fingerprint density at radius 1 is 1.30 bits per heavy atom. The van der Waals surface area contributed by atoms with Gasteiger partial charge in [-0.25, -0.2) is 0 Å². The second kappa shape index (κ2) is 10.6. The van der Waals surface area contributed by atoms with Crippen LogP contribution in [0.5, 0.6) is 5.75 Å². The van der Waals surface area contributed by atoms with Gasteiger partial charge in [-0.1, -0.05) is 19.1 Å². The van der Waals surface area contributed by atoms with E-state index in [0.29, 0.717) is 19.8 Å². The van der Waals surface area contributed by atoms with Crippen LogP contribution in [0.25, 0.3) is 0 Å². The first kappa shape index (κ1) is 21.6. The average Bonchev–Trinajstić information content (AvgIpc) is 2.97. The van der Waals surface area contributed by atoms with Crippen molar-refractivity contribution in [2.24, 2.45) is 11.8 Å². The number of methoxy groups -OCH3 is 1. The minimum absolute atomic E-state index is 0.0672. The Labute approximate surface area is 160 Å². The summed E-state index contributed by atoms with van der Waals surface area (Å²) < 4.78 is 21.9. The van der Waals surface area contributed by atoms with Crippen LogP contribution in [0.15, 0.2) is 24.3 Å². The highest BCUT2D eigenvalue weighted by Crippen LogP contribution is 2.36. The van der Waals surface area contributed by atoms with Crippen LogP contribution in [0.2, 0.25) is 0 Å². The highest BCUT2D eigenvalue weighted by molar-refractivity contribution is 5.70. The van der Waals surface area contributed by atoms with Gasteiger partial charge in [-0.05, 0) is 30.5 Å². The number of rotatable bonds is 10. The van der Waals surface area contributed by atoms with Crippen LogP contribution < -0.4 is 4.74 Å². The van der Waals surface area contributed by atoms with E-state index in [0.717, 1.165) is 11.3 Å². The highest BCUT2D eigenvalue weighted by atomic mass is 16.5. The Bertz CT molecular complexity index is 574. The van der Waals surface area contributed by atoms with Crippen LogP contribution in [0.1, 0.15) is 25.8 Å². The van der Waals surface area contributed by atoms with Gasteiger partial charge in [-0.3, -0.25) is 4.79 Å². The summed E-state index contributed by atoms with van der Waals surface area (Å²) in [6.07, 6.45) is -1.84. The molecule has 1 aromatic rings. The normalized spacial score (nSPS) is 26.0. The summed E-state index contributed by atoms with van der Waals surface area (Å²) in [4.78, 5) is 11.9. The van der Waals surface area contributed by atoms with Crippen molar-refractivity contribution in [1.82, 2.24) is 0 Å². The van der Waals surface area contributed by atoms with Crippen LogP contribution in [0.3, 0.4) is 0 Å². The molecule has 7 nitrogen and oxygen atoms in total. The smallest absolute Gasteiger partial charge is 0.308 e. The monoisotopic (exact) mass is 382 g/mol. The van der Waals surface area contributed by atoms with Gasteiger partial charge in [0.1, 0.15) is 11.9 Å². The molecule has 27 heavy (non-hydrogen) atoms. The molecule has 0 aliphatic carbocycles. The molecule has 0 spiro atoms. The van der Waals surface area contributed by atoms with Crippen LogP contribution in [-0.4, -0.2) is 61.4 Å². The maximum Gasteiger partial charge on any atom is 0.308 e. The molecular weight excluding hydrogens is 352 g/mol. The van der Waals surface area contributed by atoms with E-state index in [1.54, 1.807) is 14.0 Å². The number of aliphatic hydroxyl groups excluding tert-OH is 2. The number of esters is 1. The zero-order valence-corrected chi connectivity index (χ0v) is 16.2. The lowest BCUT2D eigenvalue weighted by Gasteiger charge is -2.22. The first-order chi connectivity index (χ1) is 13.0. The van der Waals surface area contributed by atoms with Crippen LogP contribution in [0.4, 0.5) is 0 Å². The van der Waals surface area contributed by atoms with Crippen LogP contribution in [0, 0.1) is 11.8 Å². The minimum Gasteiger partial charge on any atom is -0.497 e. The molecule has 2 rings (SSSR count). The van der Waals surface area contributed by atoms with E-state index in [9.17, 15) is 15.0 Å². The zero-order valence-electron chi connectivity index (χ0n) is 16.2. The van der Waals surface area contributed by atoms with Gasteiger partial charge in [0, 0.05) is 5.92 Å². The van der Waals surface area contributed by atoms with Gasteiger partial charge in [0.25, 0.3) is 0 Å². The standard InChI is InChI=1S/C20H30O7/c1-4-26-19(23)9-18-16(13(2)20(27-18)17(22)10-21)12-25-11-14-5-7-15(24-3)8-6-14/h5-8,13,16-18,20-22H,4,9-12H2,1-3H3. The Hall–Kier alpha value is -1.67.